The summed E-state index contributed by atoms with van der Waals surface area (Å²) < 4.78 is 0. The fourth-order valence-electron chi connectivity index (χ4n) is 1.37. The van der Waals surface area contributed by atoms with E-state index in [2.05, 4.69) is 4.98 Å². The van der Waals surface area contributed by atoms with Gasteiger partial charge in [0.1, 0.15) is 6.04 Å². The molecule has 1 heterocycles. The second-order valence-electron chi connectivity index (χ2n) is 3.81. The van der Waals surface area contributed by atoms with Crippen molar-refractivity contribution in [3.63, 3.8) is 0 Å². The summed E-state index contributed by atoms with van der Waals surface area (Å²) in [5.41, 5.74) is 6.62. The van der Waals surface area contributed by atoms with E-state index in [0.717, 1.165) is 13.0 Å². The van der Waals surface area contributed by atoms with Crippen molar-refractivity contribution >= 4 is 5.97 Å². The third-order valence-corrected chi connectivity index (χ3v) is 2.36. The molecule has 88 valence electrons. The lowest BCUT2D eigenvalue weighted by Crippen LogP contribution is -2.41. The van der Waals surface area contributed by atoms with Gasteiger partial charge < -0.3 is 15.7 Å². The average Bonchev–Trinajstić information content (AvgIpc) is 2.27. The van der Waals surface area contributed by atoms with Crippen LogP contribution >= 0.6 is 0 Å². The number of rotatable bonds is 6. The van der Waals surface area contributed by atoms with Crippen LogP contribution in [0.3, 0.4) is 0 Å². The van der Waals surface area contributed by atoms with Crippen molar-refractivity contribution in [1.29, 1.82) is 0 Å². The van der Waals surface area contributed by atoms with Crippen LogP contribution < -0.4 is 5.73 Å². The molecule has 0 spiro atoms. The van der Waals surface area contributed by atoms with Crippen LogP contribution in [0, 0.1) is 0 Å². The van der Waals surface area contributed by atoms with E-state index in [1.807, 2.05) is 24.1 Å². The van der Waals surface area contributed by atoms with Gasteiger partial charge in [0, 0.05) is 25.5 Å². The van der Waals surface area contributed by atoms with E-state index in [9.17, 15) is 4.79 Å². The zero-order chi connectivity index (χ0) is 12.0. The first kappa shape index (κ1) is 12.6. The molecule has 0 aliphatic rings. The van der Waals surface area contributed by atoms with Crippen LogP contribution in [0.1, 0.15) is 5.56 Å². The SMILES string of the molecule is CN(CCc1ccncc1)CC(N)C(=O)O. The summed E-state index contributed by atoms with van der Waals surface area (Å²) in [7, 11) is 1.87. The minimum absolute atomic E-state index is 0.362. The third kappa shape index (κ3) is 4.37. The Morgan fingerprint density at radius 1 is 1.56 bits per heavy atom. The molecule has 16 heavy (non-hydrogen) atoms. The molecule has 0 aromatic carbocycles. The number of carbonyl (C=O) groups is 1. The van der Waals surface area contributed by atoms with Gasteiger partial charge in [-0.15, -0.1) is 0 Å². The minimum atomic E-state index is -0.962. The van der Waals surface area contributed by atoms with Crippen LogP contribution in [0.15, 0.2) is 24.5 Å². The van der Waals surface area contributed by atoms with Crippen LogP contribution in [0.25, 0.3) is 0 Å². The molecule has 5 nitrogen and oxygen atoms in total. The Hall–Kier alpha value is -1.46. The summed E-state index contributed by atoms with van der Waals surface area (Å²) >= 11 is 0. The van der Waals surface area contributed by atoms with Gasteiger partial charge in [0.2, 0.25) is 0 Å². The van der Waals surface area contributed by atoms with Gasteiger partial charge in [-0.1, -0.05) is 0 Å². The van der Waals surface area contributed by atoms with Crippen molar-refractivity contribution < 1.29 is 9.90 Å². The minimum Gasteiger partial charge on any atom is -0.480 e. The second-order valence-corrected chi connectivity index (χ2v) is 3.81. The van der Waals surface area contributed by atoms with Crippen LogP contribution in [-0.4, -0.2) is 47.1 Å². The van der Waals surface area contributed by atoms with Gasteiger partial charge in [-0.3, -0.25) is 9.78 Å². The van der Waals surface area contributed by atoms with Crippen molar-refractivity contribution in [2.75, 3.05) is 20.1 Å². The highest BCUT2D eigenvalue weighted by Gasteiger charge is 2.13. The van der Waals surface area contributed by atoms with Crippen LogP contribution in [0.5, 0.6) is 0 Å². The summed E-state index contributed by atoms with van der Waals surface area (Å²) in [5.74, 6) is -0.962. The summed E-state index contributed by atoms with van der Waals surface area (Å²) in [4.78, 5) is 16.4. The molecule has 3 N–H and O–H groups in total. The Balaban J connectivity index is 2.30. The zero-order valence-corrected chi connectivity index (χ0v) is 9.34. The molecule has 1 aromatic heterocycles. The highest BCUT2D eigenvalue weighted by atomic mass is 16.4. The van der Waals surface area contributed by atoms with E-state index < -0.39 is 12.0 Å². The predicted molar refractivity (Wildman–Crippen MR) is 61.0 cm³/mol. The molecule has 0 saturated carbocycles. The molecule has 0 amide bonds. The Labute approximate surface area is 94.9 Å². The van der Waals surface area contributed by atoms with E-state index in [1.165, 1.54) is 5.56 Å². The van der Waals surface area contributed by atoms with Gasteiger partial charge in [0.05, 0.1) is 0 Å². The van der Waals surface area contributed by atoms with Crippen molar-refractivity contribution in [2.45, 2.75) is 12.5 Å². The van der Waals surface area contributed by atoms with Crippen molar-refractivity contribution in [2.24, 2.45) is 5.73 Å². The lowest BCUT2D eigenvalue weighted by Gasteiger charge is -2.18. The molecule has 1 aromatic rings. The number of likely N-dealkylation sites (N-methyl/N-ethyl adjacent to an activating group) is 1. The number of pyridine rings is 1. The van der Waals surface area contributed by atoms with Crippen LogP contribution in [0.4, 0.5) is 0 Å². The Bertz CT molecular complexity index is 329. The number of carboxylic acids is 1. The van der Waals surface area contributed by atoms with E-state index in [4.69, 9.17) is 10.8 Å². The van der Waals surface area contributed by atoms with E-state index >= 15 is 0 Å². The Kier molecular flexibility index (Phi) is 4.88. The predicted octanol–water partition coefficient (Wildman–Crippen LogP) is -0.0322. The lowest BCUT2D eigenvalue weighted by molar-refractivity contribution is -0.138. The highest BCUT2D eigenvalue weighted by molar-refractivity contribution is 5.73. The molecule has 0 aliphatic heterocycles. The van der Waals surface area contributed by atoms with Crippen molar-refractivity contribution in [1.82, 2.24) is 9.88 Å². The Morgan fingerprint density at radius 2 is 2.19 bits per heavy atom. The van der Waals surface area contributed by atoms with Gasteiger partial charge in [-0.25, -0.2) is 0 Å². The molecular formula is C11H17N3O2. The molecule has 0 fully saturated rings. The van der Waals surface area contributed by atoms with Crippen molar-refractivity contribution in [3.05, 3.63) is 30.1 Å². The maximum Gasteiger partial charge on any atom is 0.321 e. The van der Waals surface area contributed by atoms with Gasteiger partial charge in [-0.2, -0.15) is 0 Å². The summed E-state index contributed by atoms with van der Waals surface area (Å²) in [6.07, 6.45) is 4.36. The normalized spacial score (nSPS) is 12.7. The number of carboxylic acid groups (broad SMARTS) is 1. The van der Waals surface area contributed by atoms with Crippen LogP contribution in [0.2, 0.25) is 0 Å². The Morgan fingerprint density at radius 3 is 2.75 bits per heavy atom. The summed E-state index contributed by atoms with van der Waals surface area (Å²) in [6, 6.07) is 3.08. The number of nitrogens with zero attached hydrogens (tertiary/aromatic N) is 2. The second kappa shape index (κ2) is 6.19. The molecular weight excluding hydrogens is 206 g/mol. The van der Waals surface area contributed by atoms with Gasteiger partial charge >= 0.3 is 5.97 Å². The lowest BCUT2D eigenvalue weighted by atomic mass is 10.2. The zero-order valence-electron chi connectivity index (χ0n) is 9.34. The highest BCUT2D eigenvalue weighted by Crippen LogP contribution is 1.99. The molecule has 0 saturated heterocycles. The van der Waals surface area contributed by atoms with Crippen molar-refractivity contribution in [3.8, 4) is 0 Å². The molecule has 1 rings (SSSR count). The third-order valence-electron chi connectivity index (χ3n) is 2.36. The summed E-state index contributed by atoms with van der Waals surface area (Å²) in [5, 5.41) is 8.66. The summed E-state index contributed by atoms with van der Waals surface area (Å²) in [6.45, 7) is 1.14. The fraction of sp³-hybridized carbons (Fsp3) is 0.455. The van der Waals surface area contributed by atoms with Gasteiger partial charge in [0.25, 0.3) is 0 Å². The quantitative estimate of drug-likeness (QED) is 0.708. The smallest absolute Gasteiger partial charge is 0.321 e. The molecule has 0 radical (unpaired) electrons. The topological polar surface area (TPSA) is 79.5 Å². The number of hydrogen-bond acceptors (Lipinski definition) is 4. The maximum absolute atomic E-state index is 10.5. The molecule has 1 atom stereocenters. The van der Waals surface area contributed by atoms with E-state index in [-0.39, 0.29) is 0 Å². The molecule has 0 aliphatic carbocycles. The number of aromatic nitrogens is 1. The molecule has 0 bridgehead atoms. The number of nitrogens with two attached hydrogens (primary N) is 1. The largest absolute Gasteiger partial charge is 0.480 e. The fourth-order valence-corrected chi connectivity index (χ4v) is 1.37. The number of hydrogen-bond donors (Lipinski definition) is 2. The first-order valence-corrected chi connectivity index (χ1v) is 5.15. The molecule has 5 heteroatoms. The standard InChI is InChI=1S/C11H17N3O2/c1-14(8-10(12)11(15)16)7-4-9-2-5-13-6-3-9/h2-3,5-6,10H,4,7-8,12H2,1H3,(H,15,16). The maximum atomic E-state index is 10.5. The van der Waals surface area contributed by atoms with Gasteiger partial charge in [-0.05, 0) is 31.2 Å². The monoisotopic (exact) mass is 223 g/mol. The van der Waals surface area contributed by atoms with Gasteiger partial charge in [0.15, 0.2) is 0 Å². The average molecular weight is 223 g/mol. The van der Waals surface area contributed by atoms with E-state index in [1.54, 1.807) is 12.4 Å². The molecule has 1 unspecified atom stereocenters. The first-order valence-electron chi connectivity index (χ1n) is 5.15. The van der Waals surface area contributed by atoms with E-state index in [0.29, 0.717) is 6.54 Å². The first-order chi connectivity index (χ1) is 7.59. The van der Waals surface area contributed by atoms with Crippen LogP contribution in [-0.2, 0) is 11.2 Å². The number of aliphatic carboxylic acids is 1.